The Bertz CT molecular complexity index is 840. The third-order valence-corrected chi connectivity index (χ3v) is 3.79. The Balaban J connectivity index is 1.96. The van der Waals surface area contributed by atoms with Crippen molar-refractivity contribution in [1.29, 1.82) is 0 Å². The molecule has 3 aromatic rings. The predicted molar refractivity (Wildman–Crippen MR) is 100 cm³/mol. The molecule has 0 atom stereocenters. The Kier molecular flexibility index (Phi) is 5.09. The molecule has 0 amide bonds. The first-order valence-corrected chi connectivity index (χ1v) is 7.99. The van der Waals surface area contributed by atoms with Gasteiger partial charge >= 0.3 is 0 Å². The summed E-state index contributed by atoms with van der Waals surface area (Å²) >= 11 is 5.97. The standard InChI is InChI=1S/C21H16ClNO/c22-18-13-11-16(12-14-18)20(23-19-9-5-2-6-10-19)15-21(24)17-7-3-1-4-8-17/h1-15,23H. The van der Waals surface area contributed by atoms with Crippen LogP contribution in [0.2, 0.25) is 5.02 Å². The second kappa shape index (κ2) is 7.62. The zero-order chi connectivity index (χ0) is 16.8. The maximum atomic E-state index is 12.5. The van der Waals surface area contributed by atoms with Gasteiger partial charge in [0.05, 0.1) is 0 Å². The van der Waals surface area contributed by atoms with Crippen molar-refractivity contribution in [2.45, 2.75) is 0 Å². The van der Waals surface area contributed by atoms with Crippen LogP contribution in [0.1, 0.15) is 15.9 Å². The van der Waals surface area contributed by atoms with Crippen LogP contribution >= 0.6 is 11.6 Å². The molecule has 1 N–H and O–H groups in total. The number of ketones is 1. The fourth-order valence-electron chi connectivity index (χ4n) is 2.31. The molecule has 0 fully saturated rings. The largest absolute Gasteiger partial charge is 0.355 e. The molecule has 0 saturated carbocycles. The molecular formula is C21H16ClNO. The summed E-state index contributed by atoms with van der Waals surface area (Å²) < 4.78 is 0. The third kappa shape index (κ3) is 4.12. The summed E-state index contributed by atoms with van der Waals surface area (Å²) in [5, 5.41) is 3.97. The van der Waals surface area contributed by atoms with E-state index < -0.39 is 0 Å². The smallest absolute Gasteiger partial charge is 0.187 e. The quantitative estimate of drug-likeness (QED) is 0.481. The van der Waals surface area contributed by atoms with Gasteiger partial charge in [-0.15, -0.1) is 0 Å². The molecule has 0 unspecified atom stereocenters. The number of allylic oxidation sites excluding steroid dienone is 1. The first kappa shape index (κ1) is 16.0. The molecule has 3 aromatic carbocycles. The van der Waals surface area contributed by atoms with Crippen LogP contribution in [0, 0.1) is 0 Å². The molecule has 24 heavy (non-hydrogen) atoms. The Hall–Kier alpha value is -2.84. The topological polar surface area (TPSA) is 29.1 Å². The lowest BCUT2D eigenvalue weighted by atomic mass is 10.1. The summed E-state index contributed by atoms with van der Waals surface area (Å²) in [5.41, 5.74) is 3.19. The number of hydrogen-bond acceptors (Lipinski definition) is 2. The molecule has 0 heterocycles. The lowest BCUT2D eigenvalue weighted by molar-refractivity contribution is 0.104. The number of para-hydroxylation sites is 1. The highest BCUT2D eigenvalue weighted by molar-refractivity contribution is 6.30. The second-order valence-electron chi connectivity index (χ2n) is 5.29. The number of carbonyl (C=O) groups is 1. The number of rotatable bonds is 5. The van der Waals surface area contributed by atoms with Crippen molar-refractivity contribution in [2.75, 3.05) is 5.32 Å². The Morgan fingerprint density at radius 2 is 1.33 bits per heavy atom. The van der Waals surface area contributed by atoms with Crippen molar-refractivity contribution in [2.24, 2.45) is 0 Å². The minimum atomic E-state index is -0.0519. The molecule has 0 aromatic heterocycles. The van der Waals surface area contributed by atoms with E-state index in [0.29, 0.717) is 10.6 Å². The van der Waals surface area contributed by atoms with Crippen molar-refractivity contribution < 1.29 is 4.79 Å². The maximum absolute atomic E-state index is 12.5. The number of benzene rings is 3. The highest BCUT2D eigenvalue weighted by atomic mass is 35.5. The van der Waals surface area contributed by atoms with E-state index in [2.05, 4.69) is 5.32 Å². The minimum absolute atomic E-state index is 0.0519. The number of hydrogen-bond donors (Lipinski definition) is 1. The van der Waals surface area contributed by atoms with Crippen LogP contribution in [-0.4, -0.2) is 5.78 Å². The third-order valence-electron chi connectivity index (χ3n) is 3.54. The SMILES string of the molecule is O=C(C=C(Nc1ccccc1)c1ccc(Cl)cc1)c1ccccc1. The van der Waals surface area contributed by atoms with E-state index in [1.54, 1.807) is 18.2 Å². The van der Waals surface area contributed by atoms with Crippen molar-refractivity contribution in [3.05, 3.63) is 107 Å². The second-order valence-corrected chi connectivity index (χ2v) is 5.72. The van der Waals surface area contributed by atoms with Gasteiger partial charge in [0, 0.05) is 28.0 Å². The van der Waals surface area contributed by atoms with Crippen LogP contribution < -0.4 is 5.32 Å². The highest BCUT2D eigenvalue weighted by Gasteiger charge is 2.08. The van der Waals surface area contributed by atoms with Gasteiger partial charge in [-0.3, -0.25) is 4.79 Å². The van der Waals surface area contributed by atoms with E-state index in [9.17, 15) is 4.79 Å². The van der Waals surface area contributed by atoms with Gasteiger partial charge in [-0.05, 0) is 29.8 Å². The maximum Gasteiger partial charge on any atom is 0.187 e. The van der Waals surface area contributed by atoms with Gasteiger partial charge < -0.3 is 5.32 Å². The van der Waals surface area contributed by atoms with Crippen LogP contribution in [0.25, 0.3) is 5.70 Å². The summed E-state index contributed by atoms with van der Waals surface area (Å²) in [6, 6.07) is 26.4. The van der Waals surface area contributed by atoms with Crippen LogP contribution in [0.5, 0.6) is 0 Å². The van der Waals surface area contributed by atoms with E-state index in [1.165, 1.54) is 0 Å². The zero-order valence-corrected chi connectivity index (χ0v) is 13.7. The molecule has 0 aliphatic rings. The van der Waals surface area contributed by atoms with Crippen LogP contribution in [0.3, 0.4) is 0 Å². The lowest BCUT2D eigenvalue weighted by Gasteiger charge is -2.12. The summed E-state index contributed by atoms with van der Waals surface area (Å²) in [7, 11) is 0. The summed E-state index contributed by atoms with van der Waals surface area (Å²) in [4.78, 5) is 12.5. The van der Waals surface area contributed by atoms with Gasteiger partial charge in [0.15, 0.2) is 5.78 Å². The van der Waals surface area contributed by atoms with E-state index in [1.807, 2.05) is 72.8 Å². The van der Waals surface area contributed by atoms with Crippen LogP contribution in [0.4, 0.5) is 5.69 Å². The van der Waals surface area contributed by atoms with Gasteiger partial charge in [0.1, 0.15) is 0 Å². The monoisotopic (exact) mass is 333 g/mol. The first-order chi connectivity index (χ1) is 11.7. The van der Waals surface area contributed by atoms with Gasteiger partial charge in [-0.2, -0.15) is 0 Å². The van der Waals surface area contributed by atoms with Crippen LogP contribution in [-0.2, 0) is 0 Å². The predicted octanol–water partition coefficient (Wildman–Crippen LogP) is 5.68. The Morgan fingerprint density at radius 3 is 1.96 bits per heavy atom. The first-order valence-electron chi connectivity index (χ1n) is 7.61. The van der Waals surface area contributed by atoms with E-state index in [4.69, 9.17) is 11.6 Å². The fraction of sp³-hybridized carbons (Fsp3) is 0. The van der Waals surface area contributed by atoms with Crippen molar-refractivity contribution in [1.82, 2.24) is 0 Å². The average molecular weight is 334 g/mol. The normalized spacial score (nSPS) is 11.1. The molecule has 118 valence electrons. The van der Waals surface area contributed by atoms with Crippen molar-refractivity contribution >= 4 is 28.8 Å². The number of anilines is 1. The van der Waals surface area contributed by atoms with Gasteiger partial charge in [-0.1, -0.05) is 72.3 Å². The van der Waals surface area contributed by atoms with Gasteiger partial charge in [0.25, 0.3) is 0 Å². The molecular weight excluding hydrogens is 318 g/mol. The van der Waals surface area contributed by atoms with E-state index in [-0.39, 0.29) is 5.78 Å². The highest BCUT2D eigenvalue weighted by Crippen LogP contribution is 2.21. The molecule has 0 radical (unpaired) electrons. The van der Waals surface area contributed by atoms with Crippen molar-refractivity contribution in [3.8, 4) is 0 Å². The molecule has 0 bridgehead atoms. The van der Waals surface area contributed by atoms with Crippen molar-refractivity contribution in [3.63, 3.8) is 0 Å². The number of halogens is 1. The Labute approximate surface area is 146 Å². The van der Waals surface area contributed by atoms with Crippen LogP contribution in [0.15, 0.2) is 91.0 Å². The van der Waals surface area contributed by atoms with Gasteiger partial charge in [-0.25, -0.2) is 0 Å². The van der Waals surface area contributed by atoms with E-state index in [0.717, 1.165) is 16.9 Å². The average Bonchev–Trinajstić information content (AvgIpc) is 2.63. The van der Waals surface area contributed by atoms with E-state index >= 15 is 0 Å². The summed E-state index contributed by atoms with van der Waals surface area (Å²) in [6.45, 7) is 0. The minimum Gasteiger partial charge on any atom is -0.355 e. The molecule has 0 aliphatic heterocycles. The summed E-state index contributed by atoms with van der Waals surface area (Å²) in [5.74, 6) is -0.0519. The lowest BCUT2D eigenvalue weighted by Crippen LogP contribution is -2.03. The molecule has 3 rings (SSSR count). The zero-order valence-electron chi connectivity index (χ0n) is 12.9. The summed E-state index contributed by atoms with van der Waals surface area (Å²) in [6.07, 6.45) is 1.62. The Morgan fingerprint density at radius 1 is 0.750 bits per heavy atom. The molecule has 0 aliphatic carbocycles. The molecule has 0 spiro atoms. The molecule has 3 heteroatoms. The molecule has 2 nitrogen and oxygen atoms in total. The number of nitrogens with one attached hydrogen (secondary N) is 1. The molecule has 0 saturated heterocycles. The number of carbonyl (C=O) groups excluding carboxylic acids is 1. The van der Waals surface area contributed by atoms with Gasteiger partial charge in [0.2, 0.25) is 0 Å². The fourth-order valence-corrected chi connectivity index (χ4v) is 2.44.